The summed E-state index contributed by atoms with van der Waals surface area (Å²) >= 11 is 5.77. The number of ether oxygens (including phenoxy) is 1. The van der Waals surface area contributed by atoms with Crippen LogP contribution in [0.4, 0.5) is 0 Å². The zero-order chi connectivity index (χ0) is 14.6. The number of hydrogen-bond acceptors (Lipinski definition) is 4. The fourth-order valence-electron chi connectivity index (χ4n) is 1.62. The lowest BCUT2D eigenvalue weighted by Gasteiger charge is -2.11. The topological polar surface area (TPSA) is 80.7 Å². The second-order valence-corrected chi connectivity index (χ2v) is 6.41. The first kappa shape index (κ1) is 15.9. The normalized spacial score (nSPS) is 11.5. The number of sulfone groups is 1. The van der Waals surface area contributed by atoms with Gasteiger partial charge in [-0.25, -0.2) is 13.2 Å². The molecule has 0 aliphatic rings. The molecule has 1 aromatic rings. The fraction of sp³-hybridized carbons (Fsp3) is 0.417. The Morgan fingerprint density at radius 3 is 2.58 bits per heavy atom. The third kappa shape index (κ3) is 3.92. The maximum absolute atomic E-state index is 12.1. The highest BCUT2D eigenvalue weighted by molar-refractivity contribution is 7.91. The van der Waals surface area contributed by atoms with Gasteiger partial charge in [-0.3, -0.25) is 0 Å². The highest BCUT2D eigenvalue weighted by Gasteiger charge is 2.22. The predicted octanol–water partition coefficient (Wildman–Crippen LogP) is 2.16. The molecule has 0 fully saturated rings. The van der Waals surface area contributed by atoms with Crippen molar-refractivity contribution in [1.82, 2.24) is 0 Å². The molecule has 1 aromatic carbocycles. The third-order valence-corrected chi connectivity index (χ3v) is 4.61. The number of benzene rings is 1. The molecule has 0 radical (unpaired) electrons. The third-order valence-electron chi connectivity index (χ3n) is 2.59. The van der Waals surface area contributed by atoms with Gasteiger partial charge < -0.3 is 9.84 Å². The van der Waals surface area contributed by atoms with Gasteiger partial charge in [0.1, 0.15) is 0 Å². The van der Waals surface area contributed by atoms with Crippen molar-refractivity contribution in [2.24, 2.45) is 0 Å². The number of carboxylic acids is 1. The Morgan fingerprint density at radius 1 is 1.42 bits per heavy atom. The van der Waals surface area contributed by atoms with Gasteiger partial charge in [-0.15, -0.1) is 0 Å². The Bertz CT molecular complexity index is 580. The minimum Gasteiger partial charge on any atom is -0.478 e. The molecule has 0 saturated heterocycles. The first-order valence-electron chi connectivity index (χ1n) is 5.63. The van der Waals surface area contributed by atoms with Crippen LogP contribution in [0.1, 0.15) is 22.8 Å². The van der Waals surface area contributed by atoms with Crippen molar-refractivity contribution in [3.63, 3.8) is 0 Å². The zero-order valence-corrected chi connectivity index (χ0v) is 12.2. The molecule has 7 heteroatoms. The summed E-state index contributed by atoms with van der Waals surface area (Å²) in [6.45, 7) is 3.70. The lowest BCUT2D eigenvalue weighted by molar-refractivity contribution is 0.0696. The Labute approximate surface area is 117 Å². The van der Waals surface area contributed by atoms with Crippen LogP contribution in [0.5, 0.6) is 0 Å². The van der Waals surface area contributed by atoms with E-state index in [-0.39, 0.29) is 33.4 Å². The molecule has 0 atom stereocenters. The average molecular weight is 307 g/mol. The second-order valence-electron chi connectivity index (χ2n) is 3.90. The van der Waals surface area contributed by atoms with Crippen LogP contribution in [0.2, 0.25) is 5.02 Å². The van der Waals surface area contributed by atoms with Gasteiger partial charge >= 0.3 is 5.97 Å². The maximum Gasteiger partial charge on any atom is 0.336 e. The van der Waals surface area contributed by atoms with Gasteiger partial charge in [0.05, 0.1) is 22.8 Å². The van der Waals surface area contributed by atoms with Gasteiger partial charge in [0.15, 0.2) is 9.84 Å². The monoisotopic (exact) mass is 306 g/mol. The van der Waals surface area contributed by atoms with Gasteiger partial charge in [-0.2, -0.15) is 0 Å². The minimum absolute atomic E-state index is 0.0582. The number of aromatic carboxylic acids is 1. The number of carboxylic acid groups (broad SMARTS) is 1. The highest BCUT2D eigenvalue weighted by Crippen LogP contribution is 2.25. The van der Waals surface area contributed by atoms with Crippen LogP contribution in [-0.4, -0.2) is 38.5 Å². The van der Waals surface area contributed by atoms with Crippen molar-refractivity contribution in [3.8, 4) is 0 Å². The summed E-state index contributed by atoms with van der Waals surface area (Å²) < 4.78 is 29.3. The first-order valence-corrected chi connectivity index (χ1v) is 7.66. The van der Waals surface area contributed by atoms with E-state index in [9.17, 15) is 13.2 Å². The van der Waals surface area contributed by atoms with Crippen LogP contribution >= 0.6 is 11.6 Å². The van der Waals surface area contributed by atoms with Crippen molar-refractivity contribution in [2.75, 3.05) is 19.0 Å². The van der Waals surface area contributed by atoms with Gasteiger partial charge in [0, 0.05) is 11.6 Å². The Morgan fingerprint density at radius 2 is 2.05 bits per heavy atom. The molecule has 0 aromatic heterocycles. The molecule has 0 aliphatic carbocycles. The number of hydrogen-bond donors (Lipinski definition) is 1. The maximum atomic E-state index is 12.1. The van der Waals surface area contributed by atoms with Crippen LogP contribution in [0.25, 0.3) is 0 Å². The van der Waals surface area contributed by atoms with E-state index in [0.717, 1.165) is 0 Å². The van der Waals surface area contributed by atoms with Crippen LogP contribution in [-0.2, 0) is 14.6 Å². The standard InChI is InChI=1S/C12H15ClO5S/c1-3-18-4-5-19(16,17)11-7-9(13)6-10(8(11)2)12(14)15/h6-7H,3-5H2,1-2H3,(H,14,15). The summed E-state index contributed by atoms with van der Waals surface area (Å²) in [5.74, 6) is -1.41. The SMILES string of the molecule is CCOCCS(=O)(=O)c1cc(Cl)cc(C(=O)O)c1C. The van der Waals surface area contributed by atoms with E-state index < -0.39 is 15.8 Å². The summed E-state index contributed by atoms with van der Waals surface area (Å²) in [5, 5.41) is 9.10. The molecule has 1 rings (SSSR count). The van der Waals surface area contributed by atoms with Crippen LogP contribution in [0, 0.1) is 6.92 Å². The molecule has 0 heterocycles. The van der Waals surface area contributed by atoms with E-state index in [2.05, 4.69) is 0 Å². The van der Waals surface area contributed by atoms with Crippen molar-refractivity contribution < 1.29 is 23.1 Å². The Hall–Kier alpha value is -1.11. The number of rotatable bonds is 6. The summed E-state index contributed by atoms with van der Waals surface area (Å²) in [6.07, 6.45) is 0. The van der Waals surface area contributed by atoms with Crippen LogP contribution in [0.3, 0.4) is 0 Å². The molecule has 0 bridgehead atoms. The molecule has 0 aliphatic heterocycles. The van der Waals surface area contributed by atoms with Crippen molar-refractivity contribution >= 4 is 27.4 Å². The van der Waals surface area contributed by atoms with Crippen molar-refractivity contribution in [3.05, 3.63) is 28.3 Å². The van der Waals surface area contributed by atoms with Crippen molar-refractivity contribution in [2.45, 2.75) is 18.7 Å². The van der Waals surface area contributed by atoms with E-state index in [4.69, 9.17) is 21.4 Å². The molecule has 5 nitrogen and oxygen atoms in total. The molecule has 0 saturated carbocycles. The number of halogens is 1. The fourth-order valence-corrected chi connectivity index (χ4v) is 3.35. The molecular formula is C12H15ClO5S. The first-order chi connectivity index (χ1) is 8.79. The zero-order valence-electron chi connectivity index (χ0n) is 10.6. The molecular weight excluding hydrogens is 292 g/mol. The van der Waals surface area contributed by atoms with Crippen LogP contribution in [0.15, 0.2) is 17.0 Å². The van der Waals surface area contributed by atoms with Gasteiger partial charge in [0.2, 0.25) is 0 Å². The lowest BCUT2D eigenvalue weighted by Crippen LogP contribution is -2.15. The summed E-state index contributed by atoms with van der Waals surface area (Å²) in [6, 6.07) is 2.51. The smallest absolute Gasteiger partial charge is 0.336 e. The summed E-state index contributed by atoms with van der Waals surface area (Å²) in [5.41, 5.74) is 0.0795. The molecule has 0 unspecified atom stereocenters. The van der Waals surface area contributed by atoms with E-state index in [1.54, 1.807) is 6.92 Å². The Balaban J connectivity index is 3.23. The second kappa shape index (κ2) is 6.36. The predicted molar refractivity (Wildman–Crippen MR) is 71.7 cm³/mol. The van der Waals surface area contributed by atoms with Crippen LogP contribution < -0.4 is 0 Å². The molecule has 0 spiro atoms. The molecule has 1 N–H and O–H groups in total. The van der Waals surface area contributed by atoms with Gasteiger partial charge in [0.25, 0.3) is 0 Å². The van der Waals surface area contributed by atoms with E-state index in [0.29, 0.717) is 6.61 Å². The number of carbonyl (C=O) groups is 1. The van der Waals surface area contributed by atoms with Gasteiger partial charge in [-0.1, -0.05) is 11.6 Å². The highest BCUT2D eigenvalue weighted by atomic mass is 35.5. The van der Waals surface area contributed by atoms with E-state index in [1.807, 2.05) is 0 Å². The van der Waals surface area contributed by atoms with E-state index in [1.165, 1.54) is 19.1 Å². The molecule has 19 heavy (non-hydrogen) atoms. The lowest BCUT2D eigenvalue weighted by atomic mass is 10.1. The van der Waals surface area contributed by atoms with E-state index >= 15 is 0 Å². The minimum atomic E-state index is -3.61. The van der Waals surface area contributed by atoms with Crippen molar-refractivity contribution in [1.29, 1.82) is 0 Å². The Kier molecular flexibility index (Phi) is 5.34. The summed E-state index contributed by atoms with van der Waals surface area (Å²) in [7, 11) is -3.61. The largest absolute Gasteiger partial charge is 0.478 e. The molecule has 0 amide bonds. The average Bonchev–Trinajstić information content (AvgIpc) is 2.31. The summed E-state index contributed by atoms with van der Waals surface area (Å²) in [4.78, 5) is 11.0. The quantitative estimate of drug-likeness (QED) is 0.815. The molecule has 106 valence electrons. The van der Waals surface area contributed by atoms with Gasteiger partial charge in [-0.05, 0) is 31.5 Å².